The third-order valence-electron chi connectivity index (χ3n) is 3.43. The second kappa shape index (κ2) is 8.98. The number of aromatic nitrogens is 1. The van der Waals surface area contributed by atoms with Gasteiger partial charge >= 0.3 is 12.1 Å². The van der Waals surface area contributed by atoms with Crippen LogP contribution in [-0.2, 0) is 15.8 Å². The van der Waals surface area contributed by atoms with E-state index in [1.165, 1.54) is 18.3 Å². The fourth-order valence-electron chi connectivity index (χ4n) is 2.17. The Morgan fingerprint density at radius 2 is 1.92 bits per heavy atom. The quantitative estimate of drug-likeness (QED) is 0.433. The van der Waals surface area contributed by atoms with Crippen molar-refractivity contribution < 1.29 is 27.9 Å². The Morgan fingerprint density at radius 1 is 1.15 bits per heavy atom. The Morgan fingerprint density at radius 3 is 2.58 bits per heavy atom. The standard InChI is InChI=1S/C18H17F3N2O3/c19-18(20,21)15-7-3-5-13(11-15)17(14-6-4-9-22-12-14)23-26-10-2-1-8-16(24)25/h3-7,9,11-12H,1-2,8,10H2,(H,24,25)/b23-17-. The van der Waals surface area contributed by atoms with E-state index in [0.717, 1.165) is 12.1 Å². The van der Waals surface area contributed by atoms with Crippen LogP contribution < -0.4 is 0 Å². The molecule has 138 valence electrons. The van der Waals surface area contributed by atoms with Gasteiger partial charge in [0.25, 0.3) is 0 Å². The van der Waals surface area contributed by atoms with Crippen LogP contribution in [0.4, 0.5) is 13.2 Å². The summed E-state index contributed by atoms with van der Waals surface area (Å²) in [6, 6.07) is 8.10. The predicted octanol–water partition coefficient (Wildman–Crippen LogP) is 4.12. The fraction of sp³-hybridized carbons (Fsp3) is 0.278. The highest BCUT2D eigenvalue weighted by Gasteiger charge is 2.30. The zero-order chi connectivity index (χ0) is 19.0. The maximum absolute atomic E-state index is 13.0. The van der Waals surface area contributed by atoms with Crippen LogP contribution in [0, 0.1) is 0 Å². The number of nitrogens with zero attached hydrogens (tertiary/aromatic N) is 2. The summed E-state index contributed by atoms with van der Waals surface area (Å²) in [6.45, 7) is 0.163. The lowest BCUT2D eigenvalue weighted by Gasteiger charge is -2.11. The number of oxime groups is 1. The lowest BCUT2D eigenvalue weighted by Crippen LogP contribution is -2.10. The van der Waals surface area contributed by atoms with Gasteiger partial charge in [-0.15, -0.1) is 0 Å². The molecule has 0 fully saturated rings. The van der Waals surface area contributed by atoms with Gasteiger partial charge in [0.05, 0.1) is 5.56 Å². The number of pyridine rings is 1. The van der Waals surface area contributed by atoms with Gasteiger partial charge in [-0.3, -0.25) is 9.78 Å². The Kier molecular flexibility index (Phi) is 6.71. The molecule has 0 atom stereocenters. The van der Waals surface area contributed by atoms with E-state index in [1.54, 1.807) is 18.3 Å². The molecule has 0 saturated heterocycles. The summed E-state index contributed by atoms with van der Waals surface area (Å²) in [5, 5.41) is 12.5. The molecular weight excluding hydrogens is 349 g/mol. The van der Waals surface area contributed by atoms with Gasteiger partial charge in [0, 0.05) is 29.9 Å². The van der Waals surface area contributed by atoms with Gasteiger partial charge in [-0.25, -0.2) is 0 Å². The zero-order valence-corrected chi connectivity index (χ0v) is 13.7. The Hall–Kier alpha value is -2.90. The molecule has 2 aromatic rings. The first-order chi connectivity index (χ1) is 12.4. The van der Waals surface area contributed by atoms with Gasteiger partial charge in [-0.05, 0) is 37.1 Å². The highest BCUT2D eigenvalue weighted by atomic mass is 19.4. The number of hydrogen-bond acceptors (Lipinski definition) is 4. The number of carboxylic acid groups (broad SMARTS) is 1. The number of halogens is 3. The van der Waals surface area contributed by atoms with Crippen molar-refractivity contribution in [2.45, 2.75) is 25.4 Å². The summed E-state index contributed by atoms with van der Waals surface area (Å²) in [5.74, 6) is -0.895. The summed E-state index contributed by atoms with van der Waals surface area (Å²) in [5.41, 5.74) is 0.200. The van der Waals surface area contributed by atoms with Gasteiger partial charge in [-0.2, -0.15) is 13.2 Å². The van der Waals surface area contributed by atoms with Crippen molar-refractivity contribution in [1.82, 2.24) is 4.98 Å². The molecule has 1 N–H and O–H groups in total. The molecule has 2 rings (SSSR count). The summed E-state index contributed by atoms with van der Waals surface area (Å²) >= 11 is 0. The molecule has 0 saturated carbocycles. The van der Waals surface area contributed by atoms with Crippen LogP contribution >= 0.6 is 0 Å². The summed E-state index contributed by atoms with van der Waals surface area (Å²) in [7, 11) is 0. The van der Waals surface area contributed by atoms with Crippen molar-refractivity contribution in [3.63, 3.8) is 0 Å². The molecule has 0 bridgehead atoms. The van der Waals surface area contributed by atoms with Gasteiger partial charge in [0.1, 0.15) is 12.3 Å². The van der Waals surface area contributed by atoms with Crippen LogP contribution in [0.2, 0.25) is 0 Å². The Labute approximate surface area is 148 Å². The van der Waals surface area contributed by atoms with Crippen LogP contribution in [-0.4, -0.2) is 28.4 Å². The highest BCUT2D eigenvalue weighted by Crippen LogP contribution is 2.30. The van der Waals surface area contributed by atoms with E-state index in [0.29, 0.717) is 18.4 Å². The van der Waals surface area contributed by atoms with Crippen LogP contribution in [0.5, 0.6) is 0 Å². The molecular formula is C18H17F3N2O3. The molecule has 5 nitrogen and oxygen atoms in total. The number of benzene rings is 1. The van der Waals surface area contributed by atoms with E-state index >= 15 is 0 Å². The predicted molar refractivity (Wildman–Crippen MR) is 88.8 cm³/mol. The van der Waals surface area contributed by atoms with Crippen LogP contribution in [0.25, 0.3) is 0 Å². The van der Waals surface area contributed by atoms with Crippen LogP contribution in [0.3, 0.4) is 0 Å². The third kappa shape index (κ3) is 5.87. The van der Waals surface area contributed by atoms with Crippen LogP contribution in [0.1, 0.15) is 36.0 Å². The van der Waals surface area contributed by atoms with E-state index in [2.05, 4.69) is 10.1 Å². The van der Waals surface area contributed by atoms with E-state index in [9.17, 15) is 18.0 Å². The molecule has 1 aromatic heterocycles. The minimum atomic E-state index is -4.46. The summed E-state index contributed by atoms with van der Waals surface area (Å²) in [6.07, 6.45) is -0.522. The SMILES string of the molecule is O=C(O)CCCCO/N=C(\c1cccnc1)c1cccc(C(F)(F)F)c1. The van der Waals surface area contributed by atoms with Gasteiger partial charge in [0.15, 0.2) is 0 Å². The van der Waals surface area contributed by atoms with Crippen molar-refractivity contribution in [1.29, 1.82) is 0 Å². The Bertz CT molecular complexity index is 762. The van der Waals surface area contributed by atoms with Gasteiger partial charge in [-0.1, -0.05) is 17.3 Å². The first-order valence-electron chi connectivity index (χ1n) is 7.87. The van der Waals surface area contributed by atoms with E-state index < -0.39 is 17.7 Å². The van der Waals surface area contributed by atoms with Crippen molar-refractivity contribution >= 4 is 11.7 Å². The molecule has 0 unspecified atom stereocenters. The van der Waals surface area contributed by atoms with Crippen molar-refractivity contribution in [3.05, 3.63) is 65.5 Å². The number of aliphatic carboxylic acids is 1. The maximum Gasteiger partial charge on any atom is 0.416 e. The lowest BCUT2D eigenvalue weighted by atomic mass is 10.0. The van der Waals surface area contributed by atoms with Crippen LogP contribution in [0.15, 0.2) is 53.9 Å². The average Bonchev–Trinajstić information content (AvgIpc) is 2.61. The van der Waals surface area contributed by atoms with Gasteiger partial charge in [0.2, 0.25) is 0 Å². The van der Waals surface area contributed by atoms with E-state index in [-0.39, 0.29) is 24.3 Å². The molecule has 0 spiro atoms. The Balaban J connectivity index is 2.20. The van der Waals surface area contributed by atoms with Crippen molar-refractivity contribution in [2.75, 3.05) is 6.61 Å². The fourth-order valence-corrected chi connectivity index (χ4v) is 2.17. The van der Waals surface area contributed by atoms with Crippen molar-refractivity contribution in [2.24, 2.45) is 5.16 Å². The topological polar surface area (TPSA) is 71.8 Å². The molecule has 0 amide bonds. The number of carbonyl (C=O) groups is 1. The third-order valence-corrected chi connectivity index (χ3v) is 3.43. The largest absolute Gasteiger partial charge is 0.481 e. The second-order valence-corrected chi connectivity index (χ2v) is 5.44. The first kappa shape index (κ1) is 19.4. The molecule has 0 radical (unpaired) electrons. The maximum atomic E-state index is 13.0. The molecule has 26 heavy (non-hydrogen) atoms. The number of alkyl halides is 3. The van der Waals surface area contributed by atoms with Crippen molar-refractivity contribution in [3.8, 4) is 0 Å². The zero-order valence-electron chi connectivity index (χ0n) is 13.7. The molecule has 8 heteroatoms. The summed E-state index contributed by atoms with van der Waals surface area (Å²) in [4.78, 5) is 19.6. The molecule has 1 aromatic carbocycles. The second-order valence-electron chi connectivity index (χ2n) is 5.44. The number of unbranched alkanes of at least 4 members (excludes halogenated alkanes) is 1. The lowest BCUT2D eigenvalue weighted by molar-refractivity contribution is -0.138. The van der Waals surface area contributed by atoms with E-state index in [1.807, 2.05) is 0 Å². The normalized spacial score (nSPS) is 12.0. The van der Waals surface area contributed by atoms with E-state index in [4.69, 9.17) is 9.94 Å². The number of hydrogen-bond donors (Lipinski definition) is 1. The molecule has 1 heterocycles. The number of rotatable bonds is 8. The molecule has 0 aliphatic heterocycles. The first-order valence-corrected chi connectivity index (χ1v) is 7.87. The van der Waals surface area contributed by atoms with Gasteiger partial charge < -0.3 is 9.94 Å². The average molecular weight is 366 g/mol. The number of carboxylic acids is 1. The summed E-state index contributed by atoms with van der Waals surface area (Å²) < 4.78 is 38.9. The highest BCUT2D eigenvalue weighted by molar-refractivity contribution is 6.12. The minimum Gasteiger partial charge on any atom is -0.481 e. The minimum absolute atomic E-state index is 0.0240. The molecule has 0 aliphatic carbocycles. The molecule has 0 aliphatic rings. The monoisotopic (exact) mass is 366 g/mol. The smallest absolute Gasteiger partial charge is 0.416 e.